The molecule has 1 atom stereocenters. The Balaban J connectivity index is 2.31. The summed E-state index contributed by atoms with van der Waals surface area (Å²) in [7, 11) is 0. The summed E-state index contributed by atoms with van der Waals surface area (Å²) in [5.41, 5.74) is 1.21. The third-order valence-electron chi connectivity index (χ3n) is 3.52. The number of nitrogens with one attached hydrogen (secondary N) is 1. The van der Waals surface area contributed by atoms with E-state index in [-0.39, 0.29) is 0 Å². The third kappa shape index (κ3) is 3.54. The fourth-order valence-electron chi connectivity index (χ4n) is 2.48. The Morgan fingerprint density at radius 2 is 1.95 bits per heavy atom. The lowest BCUT2D eigenvalue weighted by Crippen LogP contribution is -2.23. The Bertz CT molecular complexity index is 494. The number of fused-ring (bicyclic) bond motifs is 1. The molecule has 1 aromatic heterocycles. The Labute approximate surface area is 116 Å². The van der Waals surface area contributed by atoms with Crippen molar-refractivity contribution >= 4 is 10.8 Å². The topological polar surface area (TPSA) is 24.9 Å². The van der Waals surface area contributed by atoms with E-state index in [0.717, 1.165) is 19.4 Å². The summed E-state index contributed by atoms with van der Waals surface area (Å²) < 4.78 is 0. The smallest absolute Gasteiger partial charge is 0.0651 e. The van der Waals surface area contributed by atoms with E-state index in [1.165, 1.54) is 29.3 Å². The molecule has 0 saturated heterocycles. The summed E-state index contributed by atoms with van der Waals surface area (Å²) >= 11 is 0. The molecular formula is C17H24N2. The maximum Gasteiger partial charge on any atom is 0.0651 e. The van der Waals surface area contributed by atoms with E-state index in [0.29, 0.717) is 6.04 Å². The van der Waals surface area contributed by atoms with E-state index in [4.69, 9.17) is 0 Å². The minimum atomic E-state index is 0.381. The molecule has 0 aliphatic carbocycles. The van der Waals surface area contributed by atoms with Crippen molar-refractivity contribution in [3.05, 3.63) is 42.2 Å². The van der Waals surface area contributed by atoms with Crippen molar-refractivity contribution in [1.82, 2.24) is 10.3 Å². The van der Waals surface area contributed by atoms with Crippen LogP contribution in [0.15, 0.2) is 36.5 Å². The third-order valence-corrected chi connectivity index (χ3v) is 3.52. The molecule has 1 unspecified atom stereocenters. The lowest BCUT2D eigenvalue weighted by atomic mass is 10.0. The van der Waals surface area contributed by atoms with Crippen molar-refractivity contribution in [3.63, 3.8) is 0 Å². The average molecular weight is 256 g/mol. The van der Waals surface area contributed by atoms with E-state index >= 15 is 0 Å². The zero-order valence-corrected chi connectivity index (χ0v) is 12.0. The van der Waals surface area contributed by atoms with Gasteiger partial charge in [-0.2, -0.15) is 0 Å². The van der Waals surface area contributed by atoms with E-state index in [9.17, 15) is 0 Å². The fourth-order valence-corrected chi connectivity index (χ4v) is 2.48. The summed E-state index contributed by atoms with van der Waals surface area (Å²) in [5, 5.41) is 6.22. The number of nitrogens with zero attached hydrogens (tertiary/aromatic N) is 1. The Morgan fingerprint density at radius 3 is 2.74 bits per heavy atom. The monoisotopic (exact) mass is 256 g/mol. The Kier molecular flexibility index (Phi) is 5.34. The SMILES string of the molecule is CCCCC(NCCC)c1nccc2ccccc12. The minimum Gasteiger partial charge on any atom is -0.309 e. The van der Waals surface area contributed by atoms with Gasteiger partial charge in [-0.15, -0.1) is 0 Å². The number of benzene rings is 1. The maximum atomic E-state index is 4.65. The van der Waals surface area contributed by atoms with Crippen molar-refractivity contribution in [2.75, 3.05) is 6.54 Å². The van der Waals surface area contributed by atoms with E-state index in [1.54, 1.807) is 0 Å². The Hall–Kier alpha value is -1.41. The number of hydrogen-bond donors (Lipinski definition) is 1. The summed E-state index contributed by atoms with van der Waals surface area (Å²) in [6.45, 7) is 5.51. The van der Waals surface area contributed by atoms with Crippen LogP contribution in [0.1, 0.15) is 51.3 Å². The highest BCUT2D eigenvalue weighted by Crippen LogP contribution is 2.25. The largest absolute Gasteiger partial charge is 0.309 e. The van der Waals surface area contributed by atoms with Crippen LogP contribution in [0.5, 0.6) is 0 Å². The fraction of sp³-hybridized carbons (Fsp3) is 0.471. The first-order valence-electron chi connectivity index (χ1n) is 7.43. The molecular weight excluding hydrogens is 232 g/mol. The molecule has 1 N–H and O–H groups in total. The molecule has 2 rings (SSSR count). The predicted molar refractivity (Wildman–Crippen MR) is 82.3 cm³/mol. The van der Waals surface area contributed by atoms with Gasteiger partial charge in [0.15, 0.2) is 0 Å². The Morgan fingerprint density at radius 1 is 1.11 bits per heavy atom. The van der Waals surface area contributed by atoms with Crippen LogP contribution in [0.2, 0.25) is 0 Å². The molecule has 0 aliphatic heterocycles. The van der Waals surface area contributed by atoms with Gasteiger partial charge in [0.2, 0.25) is 0 Å². The van der Waals surface area contributed by atoms with E-state index in [2.05, 4.69) is 54.5 Å². The number of unbranched alkanes of at least 4 members (excludes halogenated alkanes) is 1. The maximum absolute atomic E-state index is 4.65. The number of aromatic nitrogens is 1. The van der Waals surface area contributed by atoms with Crippen LogP contribution < -0.4 is 5.32 Å². The zero-order chi connectivity index (χ0) is 13.5. The van der Waals surface area contributed by atoms with Gasteiger partial charge in [-0.05, 0) is 30.8 Å². The molecule has 0 aliphatic rings. The first kappa shape index (κ1) is 14.0. The average Bonchev–Trinajstić information content (AvgIpc) is 2.47. The summed E-state index contributed by atoms with van der Waals surface area (Å²) in [5.74, 6) is 0. The molecule has 2 aromatic rings. The lowest BCUT2D eigenvalue weighted by Gasteiger charge is -2.19. The van der Waals surface area contributed by atoms with Gasteiger partial charge in [0.25, 0.3) is 0 Å². The van der Waals surface area contributed by atoms with Crippen LogP contribution in [0, 0.1) is 0 Å². The molecule has 0 fully saturated rings. The number of hydrogen-bond acceptors (Lipinski definition) is 2. The summed E-state index contributed by atoms with van der Waals surface area (Å²) in [6, 6.07) is 11.0. The summed E-state index contributed by atoms with van der Waals surface area (Å²) in [4.78, 5) is 4.65. The standard InChI is InChI=1S/C17H24N2/c1-3-5-10-16(18-12-4-2)17-15-9-7-6-8-14(15)11-13-19-17/h6-9,11,13,16,18H,3-5,10,12H2,1-2H3. The molecule has 0 saturated carbocycles. The van der Waals surface area contributed by atoms with Crippen LogP contribution in [-0.4, -0.2) is 11.5 Å². The normalized spacial score (nSPS) is 12.7. The van der Waals surface area contributed by atoms with Gasteiger partial charge in [0, 0.05) is 11.6 Å². The van der Waals surface area contributed by atoms with Crippen LogP contribution in [0.3, 0.4) is 0 Å². The second kappa shape index (κ2) is 7.25. The van der Waals surface area contributed by atoms with E-state index in [1.807, 2.05) is 6.20 Å². The number of pyridine rings is 1. The van der Waals surface area contributed by atoms with Crippen molar-refractivity contribution in [3.8, 4) is 0 Å². The molecule has 2 nitrogen and oxygen atoms in total. The van der Waals surface area contributed by atoms with Crippen LogP contribution >= 0.6 is 0 Å². The van der Waals surface area contributed by atoms with Gasteiger partial charge < -0.3 is 5.32 Å². The van der Waals surface area contributed by atoms with Crippen molar-refractivity contribution in [2.24, 2.45) is 0 Å². The minimum absolute atomic E-state index is 0.381. The molecule has 1 heterocycles. The molecule has 19 heavy (non-hydrogen) atoms. The quantitative estimate of drug-likeness (QED) is 0.790. The lowest BCUT2D eigenvalue weighted by molar-refractivity contribution is 0.475. The van der Waals surface area contributed by atoms with Gasteiger partial charge >= 0.3 is 0 Å². The van der Waals surface area contributed by atoms with Gasteiger partial charge in [-0.3, -0.25) is 4.98 Å². The highest BCUT2D eigenvalue weighted by atomic mass is 14.9. The molecule has 2 heteroatoms. The number of rotatable bonds is 7. The van der Waals surface area contributed by atoms with Crippen molar-refractivity contribution in [1.29, 1.82) is 0 Å². The van der Waals surface area contributed by atoms with Crippen molar-refractivity contribution < 1.29 is 0 Å². The molecule has 1 aromatic carbocycles. The predicted octanol–water partition coefficient (Wildman–Crippen LogP) is 4.47. The molecule has 102 valence electrons. The first-order chi connectivity index (χ1) is 9.36. The van der Waals surface area contributed by atoms with Gasteiger partial charge in [-0.25, -0.2) is 0 Å². The summed E-state index contributed by atoms with van der Waals surface area (Å²) in [6.07, 6.45) is 6.73. The zero-order valence-electron chi connectivity index (χ0n) is 12.0. The second-order valence-corrected chi connectivity index (χ2v) is 5.07. The van der Waals surface area contributed by atoms with Crippen LogP contribution in [0.4, 0.5) is 0 Å². The van der Waals surface area contributed by atoms with Crippen LogP contribution in [0.25, 0.3) is 10.8 Å². The molecule has 0 radical (unpaired) electrons. The van der Waals surface area contributed by atoms with Gasteiger partial charge in [0.1, 0.15) is 0 Å². The first-order valence-corrected chi connectivity index (χ1v) is 7.43. The highest BCUT2D eigenvalue weighted by Gasteiger charge is 2.14. The van der Waals surface area contributed by atoms with Crippen molar-refractivity contribution in [2.45, 2.75) is 45.6 Å². The van der Waals surface area contributed by atoms with Crippen LogP contribution in [-0.2, 0) is 0 Å². The van der Waals surface area contributed by atoms with E-state index < -0.39 is 0 Å². The second-order valence-electron chi connectivity index (χ2n) is 5.07. The molecule has 0 bridgehead atoms. The molecule has 0 spiro atoms. The highest BCUT2D eigenvalue weighted by molar-refractivity contribution is 5.84. The molecule has 0 amide bonds. The van der Waals surface area contributed by atoms with Gasteiger partial charge in [-0.1, -0.05) is 51.0 Å². The van der Waals surface area contributed by atoms with Gasteiger partial charge in [0.05, 0.1) is 11.7 Å².